The van der Waals surface area contributed by atoms with E-state index < -0.39 is 10.9 Å². The Hall–Kier alpha value is -4.21. The van der Waals surface area contributed by atoms with Gasteiger partial charge in [-0.25, -0.2) is 9.78 Å². The van der Waals surface area contributed by atoms with Crippen molar-refractivity contribution < 1.29 is 24.3 Å². The first-order chi connectivity index (χ1) is 14.8. The quantitative estimate of drug-likeness (QED) is 0.489. The molecule has 0 aliphatic carbocycles. The Bertz CT molecular complexity index is 1340. The summed E-state index contributed by atoms with van der Waals surface area (Å²) in [6.45, 7) is 0.366. The van der Waals surface area contributed by atoms with Gasteiger partial charge in [-0.2, -0.15) is 0 Å². The molecule has 0 unspecified atom stereocenters. The Morgan fingerprint density at radius 3 is 2.58 bits per heavy atom. The van der Waals surface area contributed by atoms with Crippen LogP contribution in [0.15, 0.2) is 35.1 Å². The summed E-state index contributed by atoms with van der Waals surface area (Å²) in [5.41, 5.74) is 0.700. The van der Waals surface area contributed by atoms with Gasteiger partial charge in [0.2, 0.25) is 0 Å². The molecule has 0 bridgehead atoms. The minimum Gasteiger partial charge on any atom is -0.493 e. The summed E-state index contributed by atoms with van der Waals surface area (Å²) in [4.78, 5) is 39.7. The predicted octanol–water partition coefficient (Wildman–Crippen LogP) is 2.96. The predicted molar refractivity (Wildman–Crippen MR) is 112 cm³/mol. The molecule has 0 spiro atoms. The van der Waals surface area contributed by atoms with Crippen molar-refractivity contribution in [2.24, 2.45) is 0 Å². The lowest BCUT2D eigenvalue weighted by atomic mass is 10.1. The van der Waals surface area contributed by atoms with E-state index in [4.69, 9.17) is 9.47 Å². The number of rotatable bonds is 5. The lowest BCUT2D eigenvalue weighted by Gasteiger charge is -2.09. The lowest BCUT2D eigenvalue weighted by Crippen LogP contribution is -2.21. The maximum absolute atomic E-state index is 12.9. The van der Waals surface area contributed by atoms with Crippen molar-refractivity contribution in [3.8, 4) is 11.5 Å². The number of hydrogen-bond donors (Lipinski definition) is 1. The van der Waals surface area contributed by atoms with Gasteiger partial charge in [0, 0.05) is 6.54 Å². The molecular formula is C21H17N3O7. The van der Waals surface area contributed by atoms with Crippen LogP contribution in [0.3, 0.4) is 0 Å². The van der Waals surface area contributed by atoms with Crippen molar-refractivity contribution in [3.05, 3.63) is 67.8 Å². The van der Waals surface area contributed by atoms with Crippen molar-refractivity contribution >= 4 is 34.2 Å². The lowest BCUT2D eigenvalue weighted by molar-refractivity contribution is -0.385. The second-order valence-corrected chi connectivity index (χ2v) is 6.87. The topological polar surface area (TPSA) is 134 Å². The second kappa shape index (κ2) is 7.56. The number of allylic oxidation sites excluding steroid dienone is 1. The molecule has 0 saturated heterocycles. The van der Waals surface area contributed by atoms with Crippen LogP contribution in [-0.4, -0.2) is 39.8 Å². The van der Waals surface area contributed by atoms with Crippen LogP contribution in [0.25, 0.3) is 22.6 Å². The Kier molecular flexibility index (Phi) is 4.90. The summed E-state index contributed by atoms with van der Waals surface area (Å²) in [6.07, 6.45) is 2.04. The highest BCUT2D eigenvalue weighted by molar-refractivity contribution is 5.93. The molecule has 1 aliphatic rings. The number of carbonyl (C=O) groups is 1. The first-order valence-corrected chi connectivity index (χ1v) is 9.23. The zero-order valence-corrected chi connectivity index (χ0v) is 16.6. The third kappa shape index (κ3) is 3.37. The van der Waals surface area contributed by atoms with Gasteiger partial charge in [0.1, 0.15) is 5.82 Å². The molecule has 0 saturated carbocycles. The van der Waals surface area contributed by atoms with Gasteiger partial charge >= 0.3 is 5.97 Å². The van der Waals surface area contributed by atoms with Crippen LogP contribution in [0.5, 0.6) is 11.5 Å². The van der Waals surface area contributed by atoms with Crippen molar-refractivity contribution in [1.29, 1.82) is 0 Å². The Balaban J connectivity index is 1.91. The van der Waals surface area contributed by atoms with E-state index in [1.54, 1.807) is 6.08 Å². The molecule has 0 radical (unpaired) electrons. The van der Waals surface area contributed by atoms with Crippen LogP contribution >= 0.6 is 0 Å². The molecular weight excluding hydrogens is 406 g/mol. The number of ether oxygens (including phenoxy) is 2. The smallest absolute Gasteiger partial charge is 0.335 e. The minimum atomic E-state index is -1.12. The number of methoxy groups -OCH3 is 2. The number of aromatic carboxylic acids is 1. The third-order valence-electron chi connectivity index (χ3n) is 5.15. The molecule has 3 aromatic rings. The van der Waals surface area contributed by atoms with E-state index in [1.165, 1.54) is 49.1 Å². The fourth-order valence-electron chi connectivity index (χ4n) is 3.63. The van der Waals surface area contributed by atoms with Gasteiger partial charge in [0.25, 0.3) is 11.2 Å². The zero-order valence-electron chi connectivity index (χ0n) is 16.6. The van der Waals surface area contributed by atoms with Crippen LogP contribution < -0.4 is 15.0 Å². The minimum absolute atomic E-state index is 0.0170. The van der Waals surface area contributed by atoms with E-state index >= 15 is 0 Å². The van der Waals surface area contributed by atoms with Gasteiger partial charge in [-0.3, -0.25) is 19.5 Å². The van der Waals surface area contributed by atoms with Crippen molar-refractivity contribution in [2.75, 3.05) is 14.2 Å². The van der Waals surface area contributed by atoms with Gasteiger partial charge in [-0.05, 0) is 42.3 Å². The highest BCUT2D eigenvalue weighted by Gasteiger charge is 2.24. The normalized spacial score (nSPS) is 13.9. The van der Waals surface area contributed by atoms with Gasteiger partial charge in [-0.1, -0.05) is 0 Å². The number of carboxylic acid groups (broad SMARTS) is 1. The van der Waals surface area contributed by atoms with E-state index in [9.17, 15) is 24.8 Å². The van der Waals surface area contributed by atoms with Crippen LogP contribution in [0.2, 0.25) is 0 Å². The average Bonchev–Trinajstić information content (AvgIpc) is 3.15. The number of nitro benzene ring substituents is 1. The van der Waals surface area contributed by atoms with Crippen molar-refractivity contribution in [2.45, 2.75) is 13.0 Å². The highest BCUT2D eigenvalue weighted by Crippen LogP contribution is 2.37. The largest absolute Gasteiger partial charge is 0.493 e. The van der Waals surface area contributed by atoms with E-state index in [0.29, 0.717) is 35.5 Å². The molecule has 0 amide bonds. The molecule has 2 aromatic carbocycles. The second-order valence-electron chi connectivity index (χ2n) is 6.87. The van der Waals surface area contributed by atoms with E-state index in [-0.39, 0.29) is 33.6 Å². The fraction of sp³-hybridized carbons (Fsp3) is 0.190. The molecule has 158 valence electrons. The molecule has 2 heterocycles. The molecule has 31 heavy (non-hydrogen) atoms. The number of aromatic nitrogens is 2. The number of hydrogen-bond acceptors (Lipinski definition) is 7. The number of nitro groups is 1. The van der Waals surface area contributed by atoms with E-state index in [1.807, 2.05) is 0 Å². The SMILES string of the molecule is COc1cc(C=C2CCn3c2nc2cc(C(=O)O)ccc2c3=O)c([N+](=O)[O-])cc1OC. The number of nitrogens with zero attached hydrogens (tertiary/aromatic N) is 3. The van der Waals surface area contributed by atoms with E-state index in [0.717, 1.165) is 0 Å². The van der Waals surface area contributed by atoms with Crippen LogP contribution in [0, 0.1) is 10.1 Å². The number of benzene rings is 2. The molecule has 4 rings (SSSR count). The van der Waals surface area contributed by atoms with E-state index in [2.05, 4.69) is 4.98 Å². The first-order valence-electron chi connectivity index (χ1n) is 9.23. The van der Waals surface area contributed by atoms with Crippen molar-refractivity contribution in [1.82, 2.24) is 9.55 Å². The maximum atomic E-state index is 12.9. The summed E-state index contributed by atoms with van der Waals surface area (Å²) < 4.78 is 11.9. The molecule has 1 aliphatic heterocycles. The maximum Gasteiger partial charge on any atom is 0.335 e. The fourth-order valence-corrected chi connectivity index (χ4v) is 3.63. The van der Waals surface area contributed by atoms with Crippen LogP contribution in [0.1, 0.15) is 28.2 Å². The molecule has 1 N–H and O–H groups in total. The monoisotopic (exact) mass is 423 g/mol. The number of carboxylic acids is 1. The third-order valence-corrected chi connectivity index (χ3v) is 5.15. The number of fused-ring (bicyclic) bond motifs is 2. The Labute approximate surface area is 175 Å². The summed E-state index contributed by atoms with van der Waals surface area (Å²) in [5, 5.41) is 21.1. The van der Waals surface area contributed by atoms with Gasteiger partial charge in [0.15, 0.2) is 11.5 Å². The summed E-state index contributed by atoms with van der Waals surface area (Å²) in [6, 6.07) is 6.92. The molecule has 10 heteroatoms. The standard InChI is InChI=1S/C21H17N3O7/c1-30-17-9-13(16(24(28)29)10-18(17)31-2)7-11-5-6-23-19(11)22-15-8-12(21(26)27)3-4-14(15)20(23)25/h3-4,7-10H,5-6H2,1-2H3,(H,26,27). The first kappa shape index (κ1) is 20.1. The summed E-state index contributed by atoms with van der Waals surface area (Å²) >= 11 is 0. The van der Waals surface area contributed by atoms with Gasteiger partial charge < -0.3 is 14.6 Å². The summed E-state index contributed by atoms with van der Waals surface area (Å²) in [7, 11) is 2.82. The van der Waals surface area contributed by atoms with Gasteiger partial charge in [0.05, 0.1) is 47.2 Å². The van der Waals surface area contributed by atoms with Crippen molar-refractivity contribution in [3.63, 3.8) is 0 Å². The Morgan fingerprint density at radius 2 is 1.94 bits per heavy atom. The Morgan fingerprint density at radius 1 is 1.23 bits per heavy atom. The average molecular weight is 423 g/mol. The molecule has 0 fully saturated rings. The summed E-state index contributed by atoms with van der Waals surface area (Å²) in [5.74, 6) is -0.220. The zero-order chi connectivity index (χ0) is 22.3. The van der Waals surface area contributed by atoms with Crippen LogP contribution in [-0.2, 0) is 6.54 Å². The molecule has 1 aromatic heterocycles. The van der Waals surface area contributed by atoms with Gasteiger partial charge in [-0.15, -0.1) is 0 Å². The molecule has 10 nitrogen and oxygen atoms in total. The highest BCUT2D eigenvalue weighted by atomic mass is 16.6. The van der Waals surface area contributed by atoms with Crippen LogP contribution in [0.4, 0.5) is 5.69 Å². The molecule has 0 atom stereocenters.